The topological polar surface area (TPSA) is 108 Å². The fourth-order valence-corrected chi connectivity index (χ4v) is 1.86. The number of nitrogens with zero attached hydrogens (tertiary/aromatic N) is 2. The van der Waals surface area contributed by atoms with Crippen molar-refractivity contribution in [1.29, 1.82) is 0 Å². The molecule has 2 rings (SSSR count). The number of benzene rings is 2. The lowest BCUT2D eigenvalue weighted by atomic mass is 10.2. The quantitative estimate of drug-likeness (QED) is 0.510. The number of rotatable bonds is 4. The SMILES string of the molecule is O=C(NN=Cc1ccc([N+](=O)[O-])c([O-])c1)c1ccc(Br)cc1. The molecule has 0 saturated carbocycles. The Bertz CT molecular complexity index is 744. The molecule has 0 saturated heterocycles. The molecule has 0 aromatic heterocycles. The van der Waals surface area contributed by atoms with Gasteiger partial charge in [0.25, 0.3) is 11.6 Å². The van der Waals surface area contributed by atoms with E-state index in [0.717, 1.165) is 16.6 Å². The van der Waals surface area contributed by atoms with Crippen molar-refractivity contribution in [3.05, 3.63) is 68.2 Å². The Balaban J connectivity index is 2.03. The minimum Gasteiger partial charge on any atom is -0.868 e. The number of hydrazone groups is 1. The van der Waals surface area contributed by atoms with Crippen LogP contribution in [0.15, 0.2) is 52.0 Å². The average Bonchev–Trinajstić information content (AvgIpc) is 2.47. The van der Waals surface area contributed by atoms with Gasteiger partial charge in [0, 0.05) is 16.1 Å². The van der Waals surface area contributed by atoms with E-state index in [9.17, 15) is 20.0 Å². The monoisotopic (exact) mass is 362 g/mol. The van der Waals surface area contributed by atoms with Gasteiger partial charge in [0.2, 0.25) is 0 Å². The first-order chi connectivity index (χ1) is 10.5. The molecule has 0 spiro atoms. The summed E-state index contributed by atoms with van der Waals surface area (Å²) in [6.07, 6.45) is 1.24. The molecule has 1 amide bonds. The Morgan fingerprint density at radius 1 is 1.23 bits per heavy atom. The van der Waals surface area contributed by atoms with E-state index >= 15 is 0 Å². The maximum absolute atomic E-state index is 11.8. The molecule has 0 bridgehead atoms. The van der Waals surface area contributed by atoms with Crippen molar-refractivity contribution in [1.82, 2.24) is 5.43 Å². The molecule has 0 aliphatic heterocycles. The second-order valence-corrected chi connectivity index (χ2v) is 5.11. The number of nitro benzene ring substituents is 1. The van der Waals surface area contributed by atoms with E-state index < -0.39 is 22.3 Å². The van der Waals surface area contributed by atoms with Gasteiger partial charge in [0.1, 0.15) is 0 Å². The summed E-state index contributed by atoms with van der Waals surface area (Å²) in [5.74, 6) is -1.12. The highest BCUT2D eigenvalue weighted by molar-refractivity contribution is 9.10. The molecule has 0 atom stereocenters. The third-order valence-corrected chi connectivity index (χ3v) is 3.20. The maximum Gasteiger partial charge on any atom is 0.271 e. The van der Waals surface area contributed by atoms with Crippen LogP contribution in [0.3, 0.4) is 0 Å². The third-order valence-electron chi connectivity index (χ3n) is 2.67. The van der Waals surface area contributed by atoms with Crippen LogP contribution in [-0.2, 0) is 0 Å². The summed E-state index contributed by atoms with van der Waals surface area (Å²) in [7, 11) is 0. The van der Waals surface area contributed by atoms with Crippen molar-refractivity contribution in [2.24, 2.45) is 5.10 Å². The highest BCUT2D eigenvalue weighted by Crippen LogP contribution is 2.22. The Labute approximate surface area is 133 Å². The lowest BCUT2D eigenvalue weighted by molar-refractivity contribution is -0.398. The van der Waals surface area contributed by atoms with E-state index in [4.69, 9.17) is 0 Å². The van der Waals surface area contributed by atoms with Crippen molar-refractivity contribution in [3.63, 3.8) is 0 Å². The zero-order chi connectivity index (χ0) is 16.1. The summed E-state index contributed by atoms with van der Waals surface area (Å²) < 4.78 is 0.849. The smallest absolute Gasteiger partial charge is 0.271 e. The van der Waals surface area contributed by atoms with Gasteiger partial charge >= 0.3 is 0 Å². The van der Waals surface area contributed by atoms with Crippen LogP contribution in [0.4, 0.5) is 5.69 Å². The summed E-state index contributed by atoms with van der Waals surface area (Å²) in [4.78, 5) is 21.5. The number of halogens is 1. The predicted octanol–water partition coefficient (Wildman–Crippen LogP) is 2.19. The van der Waals surface area contributed by atoms with Crippen LogP contribution < -0.4 is 10.5 Å². The normalized spacial score (nSPS) is 10.6. The van der Waals surface area contributed by atoms with Crippen LogP contribution in [0.1, 0.15) is 15.9 Å². The van der Waals surface area contributed by atoms with Crippen LogP contribution in [0.25, 0.3) is 0 Å². The fraction of sp³-hybridized carbons (Fsp3) is 0. The second kappa shape index (κ2) is 6.81. The summed E-state index contributed by atoms with van der Waals surface area (Å²) in [6, 6.07) is 10.2. The van der Waals surface area contributed by atoms with Crippen LogP contribution >= 0.6 is 15.9 Å². The Morgan fingerprint density at radius 2 is 1.91 bits per heavy atom. The van der Waals surface area contributed by atoms with Gasteiger partial charge in [-0.25, -0.2) is 5.43 Å². The van der Waals surface area contributed by atoms with Gasteiger partial charge in [0.05, 0.1) is 11.1 Å². The van der Waals surface area contributed by atoms with Crippen LogP contribution in [-0.4, -0.2) is 17.0 Å². The molecule has 8 heteroatoms. The van der Waals surface area contributed by atoms with E-state index in [0.29, 0.717) is 11.1 Å². The van der Waals surface area contributed by atoms with Crippen molar-refractivity contribution < 1.29 is 14.8 Å². The highest BCUT2D eigenvalue weighted by atomic mass is 79.9. The number of hydrogen-bond acceptors (Lipinski definition) is 5. The lowest BCUT2D eigenvalue weighted by Crippen LogP contribution is -2.17. The molecule has 0 fully saturated rings. The van der Waals surface area contributed by atoms with Crippen molar-refractivity contribution >= 4 is 33.7 Å². The van der Waals surface area contributed by atoms with Gasteiger partial charge < -0.3 is 5.11 Å². The molecule has 2 aromatic carbocycles. The third kappa shape index (κ3) is 3.89. The lowest BCUT2D eigenvalue weighted by Gasteiger charge is -2.06. The molecule has 22 heavy (non-hydrogen) atoms. The van der Waals surface area contributed by atoms with Gasteiger partial charge in [0.15, 0.2) is 0 Å². The second-order valence-electron chi connectivity index (χ2n) is 4.19. The first-order valence-electron chi connectivity index (χ1n) is 6.02. The zero-order valence-corrected chi connectivity index (χ0v) is 12.6. The van der Waals surface area contributed by atoms with E-state index in [2.05, 4.69) is 26.5 Å². The van der Waals surface area contributed by atoms with Gasteiger partial charge in [-0.15, -0.1) is 0 Å². The van der Waals surface area contributed by atoms with Crippen LogP contribution in [0.5, 0.6) is 5.75 Å². The van der Waals surface area contributed by atoms with E-state index in [1.165, 1.54) is 12.3 Å². The molecule has 0 aliphatic rings. The zero-order valence-electron chi connectivity index (χ0n) is 11.0. The van der Waals surface area contributed by atoms with Gasteiger partial charge in [-0.05, 0) is 41.6 Å². The van der Waals surface area contributed by atoms with E-state index in [1.54, 1.807) is 24.3 Å². The standard InChI is InChI=1S/C14H10BrN3O4/c15-11-4-2-10(3-5-11)14(20)17-16-8-9-1-6-12(18(21)22)13(19)7-9/h1-8,19H,(H,17,20)/p-1. The average molecular weight is 363 g/mol. The molecular weight excluding hydrogens is 354 g/mol. The molecule has 0 heterocycles. The molecule has 0 radical (unpaired) electrons. The van der Waals surface area contributed by atoms with Crippen LogP contribution in [0.2, 0.25) is 0 Å². The maximum atomic E-state index is 11.8. The van der Waals surface area contributed by atoms with Gasteiger partial charge in [-0.3, -0.25) is 14.9 Å². The number of amides is 1. The van der Waals surface area contributed by atoms with E-state index in [1.807, 2.05) is 0 Å². The summed E-state index contributed by atoms with van der Waals surface area (Å²) in [5, 5.41) is 25.7. The molecule has 2 aromatic rings. The molecule has 112 valence electrons. The number of nitrogens with one attached hydrogen (secondary N) is 1. The van der Waals surface area contributed by atoms with E-state index in [-0.39, 0.29) is 0 Å². The number of carbonyl (C=O) groups excluding carboxylic acids is 1. The summed E-state index contributed by atoms with van der Waals surface area (Å²) in [6.45, 7) is 0. The Hall–Kier alpha value is -2.74. The minimum atomic E-state index is -0.751. The predicted molar refractivity (Wildman–Crippen MR) is 81.7 cm³/mol. The number of carbonyl (C=O) groups is 1. The summed E-state index contributed by atoms with van der Waals surface area (Å²) in [5.41, 5.74) is 2.58. The van der Waals surface area contributed by atoms with Crippen molar-refractivity contribution in [2.75, 3.05) is 0 Å². The summed E-state index contributed by atoms with van der Waals surface area (Å²) >= 11 is 3.26. The van der Waals surface area contributed by atoms with Crippen molar-refractivity contribution in [3.8, 4) is 5.75 Å². The Kier molecular flexibility index (Phi) is 4.84. The fourth-order valence-electron chi connectivity index (χ4n) is 1.59. The van der Waals surface area contributed by atoms with Gasteiger partial charge in [-0.2, -0.15) is 5.10 Å². The first kappa shape index (κ1) is 15.6. The first-order valence-corrected chi connectivity index (χ1v) is 6.81. The van der Waals surface area contributed by atoms with Crippen LogP contribution in [0, 0.1) is 10.1 Å². The number of hydrogen-bond donors (Lipinski definition) is 1. The Morgan fingerprint density at radius 3 is 2.50 bits per heavy atom. The van der Waals surface area contributed by atoms with Crippen molar-refractivity contribution in [2.45, 2.75) is 0 Å². The number of nitro groups is 1. The molecule has 7 nitrogen and oxygen atoms in total. The molecule has 0 unspecified atom stereocenters. The highest BCUT2D eigenvalue weighted by Gasteiger charge is 2.06. The molecular formula is C14H9BrN3O4-. The molecule has 0 aliphatic carbocycles. The largest absolute Gasteiger partial charge is 0.868 e. The van der Waals surface area contributed by atoms with Gasteiger partial charge in [-0.1, -0.05) is 22.0 Å². The molecule has 1 N–H and O–H groups in total. The minimum absolute atomic E-state index is 0.353.